The summed E-state index contributed by atoms with van der Waals surface area (Å²) in [5, 5.41) is 8.33. The van der Waals surface area contributed by atoms with Crippen molar-refractivity contribution in [2.75, 3.05) is 6.54 Å². The molecule has 0 aliphatic carbocycles. The SMILES string of the molecule is Cc1[nH]c(=O)[nH]c(=O)c1CSc1nnc(CCCCCN)o1. The zero-order valence-corrected chi connectivity index (χ0v) is 13.2. The summed E-state index contributed by atoms with van der Waals surface area (Å²) >= 11 is 1.27. The van der Waals surface area contributed by atoms with Gasteiger partial charge in [-0.2, -0.15) is 0 Å². The number of nitrogens with zero attached hydrogens (tertiary/aromatic N) is 2. The highest BCUT2D eigenvalue weighted by Gasteiger charge is 2.11. The average Bonchev–Trinajstić information content (AvgIpc) is 2.90. The second-order valence-electron chi connectivity index (χ2n) is 4.86. The molecule has 8 nitrogen and oxygen atoms in total. The molecule has 0 atom stereocenters. The molecular formula is C13H19N5O3S. The zero-order valence-electron chi connectivity index (χ0n) is 12.3. The standard InChI is InChI=1S/C13H19N5O3S/c1-8-9(11(19)16-12(20)15-8)7-22-13-18-17-10(21-13)5-3-2-4-6-14/h2-7,14H2,1H3,(H2,15,16,19,20). The molecule has 0 radical (unpaired) electrons. The van der Waals surface area contributed by atoms with E-state index >= 15 is 0 Å². The number of aryl methyl sites for hydroxylation is 2. The van der Waals surface area contributed by atoms with Gasteiger partial charge >= 0.3 is 5.69 Å². The van der Waals surface area contributed by atoms with Crippen molar-refractivity contribution >= 4 is 11.8 Å². The molecule has 0 aromatic carbocycles. The summed E-state index contributed by atoms with van der Waals surface area (Å²) in [5.74, 6) is 0.943. The maximum atomic E-state index is 11.7. The van der Waals surface area contributed by atoms with Crippen LogP contribution in [0.25, 0.3) is 0 Å². The molecule has 2 heterocycles. The molecular weight excluding hydrogens is 306 g/mol. The summed E-state index contributed by atoms with van der Waals surface area (Å²) in [6, 6.07) is 0. The molecule has 0 spiro atoms. The third-order valence-electron chi connectivity index (χ3n) is 3.14. The number of rotatable bonds is 8. The highest BCUT2D eigenvalue weighted by atomic mass is 32.2. The number of H-pyrrole nitrogens is 2. The van der Waals surface area contributed by atoms with E-state index in [1.165, 1.54) is 11.8 Å². The van der Waals surface area contributed by atoms with E-state index < -0.39 is 11.2 Å². The largest absolute Gasteiger partial charge is 0.416 e. The van der Waals surface area contributed by atoms with Gasteiger partial charge in [0.05, 0.1) is 0 Å². The van der Waals surface area contributed by atoms with E-state index in [-0.39, 0.29) is 0 Å². The average molecular weight is 325 g/mol. The zero-order chi connectivity index (χ0) is 15.9. The number of thioether (sulfide) groups is 1. The Balaban J connectivity index is 1.91. The molecule has 0 aliphatic rings. The summed E-state index contributed by atoms with van der Waals surface area (Å²) in [4.78, 5) is 27.6. The Hall–Kier alpha value is -1.87. The Morgan fingerprint density at radius 1 is 1.18 bits per heavy atom. The molecule has 0 amide bonds. The monoisotopic (exact) mass is 325 g/mol. The molecule has 2 aromatic rings. The Bertz CT molecular complexity index is 721. The van der Waals surface area contributed by atoms with Gasteiger partial charge in [0.1, 0.15) is 0 Å². The first-order chi connectivity index (χ1) is 10.6. The summed E-state index contributed by atoms with van der Waals surface area (Å²) in [6.45, 7) is 2.38. The predicted molar refractivity (Wildman–Crippen MR) is 82.9 cm³/mol. The normalized spacial score (nSPS) is 11.0. The van der Waals surface area contributed by atoms with Crippen molar-refractivity contribution in [2.45, 2.75) is 43.6 Å². The lowest BCUT2D eigenvalue weighted by Crippen LogP contribution is -2.26. The third-order valence-corrected chi connectivity index (χ3v) is 3.98. The van der Waals surface area contributed by atoms with Crippen LogP contribution in [0.4, 0.5) is 0 Å². The van der Waals surface area contributed by atoms with E-state index in [9.17, 15) is 9.59 Å². The van der Waals surface area contributed by atoms with E-state index in [1.807, 2.05) is 0 Å². The van der Waals surface area contributed by atoms with Crippen molar-refractivity contribution in [1.82, 2.24) is 20.2 Å². The molecule has 0 saturated heterocycles. The molecule has 0 bridgehead atoms. The first-order valence-electron chi connectivity index (χ1n) is 7.07. The molecule has 4 N–H and O–H groups in total. The molecule has 120 valence electrons. The van der Waals surface area contributed by atoms with Crippen LogP contribution in [0.15, 0.2) is 19.2 Å². The number of hydrogen-bond donors (Lipinski definition) is 3. The molecule has 2 aromatic heterocycles. The van der Waals surface area contributed by atoms with Crippen LogP contribution >= 0.6 is 11.8 Å². The molecule has 2 rings (SSSR count). The van der Waals surface area contributed by atoms with Crippen LogP contribution in [0.1, 0.15) is 36.4 Å². The lowest BCUT2D eigenvalue weighted by atomic mass is 10.2. The van der Waals surface area contributed by atoms with Crippen LogP contribution < -0.4 is 17.0 Å². The summed E-state index contributed by atoms with van der Waals surface area (Å²) in [5.41, 5.74) is 5.57. The fourth-order valence-corrected chi connectivity index (χ4v) is 2.80. The Morgan fingerprint density at radius 2 is 2.00 bits per heavy atom. The van der Waals surface area contributed by atoms with Crippen LogP contribution in [0.2, 0.25) is 0 Å². The number of aromatic nitrogens is 4. The van der Waals surface area contributed by atoms with E-state index in [4.69, 9.17) is 10.2 Å². The van der Waals surface area contributed by atoms with Gasteiger partial charge in [-0.05, 0) is 26.3 Å². The predicted octanol–water partition coefficient (Wildman–Crippen LogP) is 0.718. The smallest absolute Gasteiger partial charge is 0.325 e. The van der Waals surface area contributed by atoms with Gasteiger partial charge in [-0.1, -0.05) is 18.2 Å². The number of nitrogens with one attached hydrogen (secondary N) is 2. The van der Waals surface area contributed by atoms with E-state index in [0.717, 1.165) is 25.7 Å². The maximum Gasteiger partial charge on any atom is 0.325 e. The topological polar surface area (TPSA) is 131 Å². The van der Waals surface area contributed by atoms with Crippen molar-refractivity contribution in [1.29, 1.82) is 0 Å². The first-order valence-corrected chi connectivity index (χ1v) is 8.06. The van der Waals surface area contributed by atoms with Gasteiger partial charge in [-0.15, -0.1) is 10.2 Å². The van der Waals surface area contributed by atoms with E-state index in [1.54, 1.807) is 6.92 Å². The Labute approximate surface area is 130 Å². The van der Waals surface area contributed by atoms with Crippen molar-refractivity contribution < 1.29 is 4.42 Å². The molecule has 22 heavy (non-hydrogen) atoms. The molecule has 0 aliphatic heterocycles. The highest BCUT2D eigenvalue weighted by molar-refractivity contribution is 7.98. The fourth-order valence-electron chi connectivity index (χ4n) is 1.93. The second kappa shape index (κ2) is 7.95. The highest BCUT2D eigenvalue weighted by Crippen LogP contribution is 2.21. The quantitative estimate of drug-likeness (QED) is 0.481. The van der Waals surface area contributed by atoms with Crippen LogP contribution in [0, 0.1) is 6.92 Å². The van der Waals surface area contributed by atoms with Crippen molar-refractivity contribution in [3.8, 4) is 0 Å². The third kappa shape index (κ3) is 4.57. The minimum Gasteiger partial charge on any atom is -0.416 e. The number of nitrogens with two attached hydrogens (primary N) is 1. The van der Waals surface area contributed by atoms with Crippen LogP contribution in [0.3, 0.4) is 0 Å². The van der Waals surface area contributed by atoms with Crippen LogP contribution in [0.5, 0.6) is 0 Å². The van der Waals surface area contributed by atoms with Gasteiger partial charge in [0, 0.05) is 23.4 Å². The first kappa shape index (κ1) is 16.5. The number of unbranched alkanes of at least 4 members (excludes halogenated alkanes) is 2. The van der Waals surface area contributed by atoms with Crippen molar-refractivity contribution in [2.24, 2.45) is 5.73 Å². The van der Waals surface area contributed by atoms with Crippen LogP contribution in [-0.2, 0) is 12.2 Å². The van der Waals surface area contributed by atoms with Crippen molar-refractivity contribution in [3.63, 3.8) is 0 Å². The molecule has 9 heteroatoms. The van der Waals surface area contributed by atoms with Gasteiger partial charge < -0.3 is 15.1 Å². The molecule has 0 unspecified atom stereocenters. The van der Waals surface area contributed by atoms with Gasteiger partial charge in [0.2, 0.25) is 5.89 Å². The fraction of sp³-hybridized carbons (Fsp3) is 0.538. The second-order valence-corrected chi connectivity index (χ2v) is 5.79. The van der Waals surface area contributed by atoms with E-state index in [2.05, 4.69) is 20.2 Å². The van der Waals surface area contributed by atoms with Gasteiger partial charge in [0.25, 0.3) is 10.8 Å². The summed E-state index contributed by atoms with van der Waals surface area (Å²) in [7, 11) is 0. The van der Waals surface area contributed by atoms with Crippen molar-refractivity contribution in [3.05, 3.63) is 38.0 Å². The Morgan fingerprint density at radius 3 is 2.73 bits per heavy atom. The van der Waals surface area contributed by atoms with Gasteiger partial charge in [-0.25, -0.2) is 4.79 Å². The van der Waals surface area contributed by atoms with Crippen LogP contribution in [-0.4, -0.2) is 26.7 Å². The van der Waals surface area contributed by atoms with Gasteiger partial charge in [-0.3, -0.25) is 9.78 Å². The maximum absolute atomic E-state index is 11.7. The lowest BCUT2D eigenvalue weighted by Gasteiger charge is -2.01. The lowest BCUT2D eigenvalue weighted by molar-refractivity contribution is 0.407. The number of hydrogen-bond acceptors (Lipinski definition) is 7. The summed E-state index contributed by atoms with van der Waals surface area (Å²) in [6.07, 6.45) is 3.71. The molecule has 0 fully saturated rings. The summed E-state index contributed by atoms with van der Waals surface area (Å²) < 4.78 is 5.51. The minimum atomic E-state index is -0.506. The number of aromatic amines is 2. The molecule has 0 saturated carbocycles. The van der Waals surface area contributed by atoms with Gasteiger partial charge in [0.15, 0.2) is 0 Å². The van der Waals surface area contributed by atoms with E-state index in [0.29, 0.717) is 34.7 Å². The minimum absolute atomic E-state index is 0.354. The Kier molecular flexibility index (Phi) is 5.96.